The zero-order valence-electron chi connectivity index (χ0n) is 8.84. The molecule has 8 heteroatoms. The Morgan fingerprint density at radius 2 is 1.89 bits per heavy atom. The van der Waals surface area contributed by atoms with Crippen molar-refractivity contribution in [1.82, 2.24) is 9.97 Å². The maximum Gasteiger partial charge on any atom is 0.283 e. The molecule has 0 radical (unpaired) electrons. The van der Waals surface area contributed by atoms with Gasteiger partial charge in [0.25, 0.3) is 10.0 Å². The second kappa shape index (κ2) is 4.65. The zero-order valence-corrected chi connectivity index (χ0v) is 9.66. The highest BCUT2D eigenvalue weighted by Crippen LogP contribution is 2.14. The van der Waals surface area contributed by atoms with Crippen LogP contribution in [0.1, 0.15) is 0 Å². The molecule has 0 fully saturated rings. The number of aromatic nitrogens is 2. The van der Waals surface area contributed by atoms with Gasteiger partial charge >= 0.3 is 0 Å². The van der Waals surface area contributed by atoms with Gasteiger partial charge in [-0.2, -0.15) is 12.8 Å². The van der Waals surface area contributed by atoms with Gasteiger partial charge in [0.1, 0.15) is 5.82 Å². The highest BCUT2D eigenvalue weighted by molar-refractivity contribution is 7.92. The molecule has 1 N–H and O–H groups in total. The normalized spacial score (nSPS) is 11.2. The van der Waals surface area contributed by atoms with E-state index in [1.807, 2.05) is 4.72 Å². The van der Waals surface area contributed by atoms with E-state index in [9.17, 15) is 17.2 Å². The molecular weight excluding hydrogens is 264 g/mol. The van der Waals surface area contributed by atoms with Crippen LogP contribution in [0.4, 0.5) is 14.6 Å². The van der Waals surface area contributed by atoms with Crippen LogP contribution in [0, 0.1) is 11.8 Å². The number of rotatable bonds is 3. The van der Waals surface area contributed by atoms with E-state index in [1.54, 1.807) is 0 Å². The van der Waals surface area contributed by atoms with Crippen LogP contribution in [-0.4, -0.2) is 18.4 Å². The first kappa shape index (κ1) is 12.4. The summed E-state index contributed by atoms with van der Waals surface area (Å²) >= 11 is 0. The van der Waals surface area contributed by atoms with Crippen molar-refractivity contribution in [2.75, 3.05) is 4.72 Å². The van der Waals surface area contributed by atoms with E-state index < -0.39 is 26.8 Å². The van der Waals surface area contributed by atoms with Gasteiger partial charge in [0.05, 0.1) is 0 Å². The number of nitrogens with zero attached hydrogens (tertiary/aromatic N) is 2. The highest BCUT2D eigenvalue weighted by atomic mass is 32.2. The molecule has 0 atom stereocenters. The van der Waals surface area contributed by atoms with Gasteiger partial charge in [-0.15, -0.1) is 0 Å². The Morgan fingerprint density at radius 1 is 1.11 bits per heavy atom. The Hall–Kier alpha value is -2.09. The van der Waals surface area contributed by atoms with Crippen LogP contribution >= 0.6 is 0 Å². The fraction of sp³-hybridized carbons (Fsp3) is 0. The quantitative estimate of drug-likeness (QED) is 0.860. The molecule has 0 bridgehead atoms. The van der Waals surface area contributed by atoms with E-state index in [4.69, 9.17) is 0 Å². The van der Waals surface area contributed by atoms with Crippen molar-refractivity contribution in [2.24, 2.45) is 0 Å². The van der Waals surface area contributed by atoms with Crippen molar-refractivity contribution in [3.05, 3.63) is 48.3 Å². The van der Waals surface area contributed by atoms with Crippen molar-refractivity contribution in [3.63, 3.8) is 0 Å². The largest absolute Gasteiger partial charge is 0.283 e. The molecule has 5 nitrogen and oxygen atoms in total. The average Bonchev–Trinajstić information content (AvgIpc) is 2.28. The molecule has 0 unspecified atom stereocenters. The van der Waals surface area contributed by atoms with Crippen molar-refractivity contribution >= 4 is 15.8 Å². The summed E-state index contributed by atoms with van der Waals surface area (Å²) in [5.41, 5.74) is 0. The molecular formula is C10H7F2N3O2S. The van der Waals surface area contributed by atoms with Gasteiger partial charge in [-0.3, -0.25) is 4.72 Å². The molecule has 0 saturated heterocycles. The SMILES string of the molecule is O=S(=O)(Nc1cccc(F)n1)c1ncccc1F. The van der Waals surface area contributed by atoms with Crippen molar-refractivity contribution in [3.8, 4) is 0 Å². The smallest absolute Gasteiger partial charge is 0.262 e. The first-order chi connectivity index (χ1) is 8.49. The number of pyridine rings is 2. The minimum absolute atomic E-state index is 0.250. The lowest BCUT2D eigenvalue weighted by molar-refractivity contribution is 0.556. The van der Waals surface area contributed by atoms with Crippen molar-refractivity contribution < 1.29 is 17.2 Å². The molecule has 0 aliphatic carbocycles. The molecule has 0 saturated carbocycles. The van der Waals surface area contributed by atoms with Crippen LogP contribution < -0.4 is 4.72 Å². The number of nitrogens with one attached hydrogen (secondary N) is 1. The van der Waals surface area contributed by atoms with E-state index in [0.29, 0.717) is 0 Å². The van der Waals surface area contributed by atoms with Gasteiger partial charge in [-0.05, 0) is 24.3 Å². The van der Waals surface area contributed by atoms with Crippen LogP contribution in [0.2, 0.25) is 0 Å². The fourth-order valence-corrected chi connectivity index (χ4v) is 2.23. The van der Waals surface area contributed by atoms with Gasteiger partial charge in [0, 0.05) is 6.20 Å². The highest BCUT2D eigenvalue weighted by Gasteiger charge is 2.21. The molecule has 2 aromatic rings. The van der Waals surface area contributed by atoms with Gasteiger partial charge in [0.15, 0.2) is 5.82 Å². The number of hydrogen-bond acceptors (Lipinski definition) is 4. The topological polar surface area (TPSA) is 72.0 Å². The fourth-order valence-electron chi connectivity index (χ4n) is 1.22. The summed E-state index contributed by atoms with van der Waals surface area (Å²) in [7, 11) is -4.23. The van der Waals surface area contributed by atoms with E-state index in [1.165, 1.54) is 18.2 Å². The minimum atomic E-state index is -4.23. The predicted octanol–water partition coefficient (Wildman–Crippen LogP) is 1.56. The maximum absolute atomic E-state index is 13.3. The average molecular weight is 271 g/mol. The van der Waals surface area contributed by atoms with E-state index in [0.717, 1.165) is 18.3 Å². The lowest BCUT2D eigenvalue weighted by Crippen LogP contribution is -2.17. The Kier molecular flexibility index (Phi) is 3.19. The molecule has 2 heterocycles. The first-order valence-corrected chi connectivity index (χ1v) is 6.23. The second-order valence-electron chi connectivity index (χ2n) is 3.24. The predicted molar refractivity (Wildman–Crippen MR) is 59.2 cm³/mol. The Bertz CT molecular complexity index is 676. The first-order valence-electron chi connectivity index (χ1n) is 4.75. The summed E-state index contributed by atoms with van der Waals surface area (Å²) in [6.45, 7) is 0. The summed E-state index contributed by atoms with van der Waals surface area (Å²) in [6, 6.07) is 5.78. The number of anilines is 1. The minimum Gasteiger partial charge on any atom is -0.262 e. The summed E-state index contributed by atoms with van der Waals surface area (Å²) in [4.78, 5) is 6.73. The summed E-state index contributed by atoms with van der Waals surface area (Å²) in [5, 5.41) is -0.768. The second-order valence-corrected chi connectivity index (χ2v) is 4.84. The zero-order chi connectivity index (χ0) is 13.2. The van der Waals surface area contributed by atoms with Crippen molar-refractivity contribution in [2.45, 2.75) is 5.03 Å². The number of hydrogen-bond donors (Lipinski definition) is 1. The Morgan fingerprint density at radius 3 is 2.56 bits per heavy atom. The van der Waals surface area contributed by atoms with E-state index >= 15 is 0 Å². The molecule has 0 spiro atoms. The van der Waals surface area contributed by atoms with E-state index in [-0.39, 0.29) is 5.82 Å². The standard InChI is InChI=1S/C10H7F2N3O2S/c11-7-3-2-6-13-10(7)18(16,17)15-9-5-1-4-8(12)14-9/h1-6H,(H,14,15). The molecule has 2 rings (SSSR count). The van der Waals surface area contributed by atoms with Gasteiger partial charge < -0.3 is 0 Å². The molecule has 94 valence electrons. The van der Waals surface area contributed by atoms with Crippen LogP contribution in [0.3, 0.4) is 0 Å². The van der Waals surface area contributed by atoms with Crippen molar-refractivity contribution in [1.29, 1.82) is 0 Å². The lowest BCUT2D eigenvalue weighted by atomic mass is 10.5. The molecule has 0 aliphatic heterocycles. The van der Waals surface area contributed by atoms with Crippen LogP contribution in [0.5, 0.6) is 0 Å². The van der Waals surface area contributed by atoms with Gasteiger partial charge in [-0.25, -0.2) is 14.4 Å². The summed E-state index contributed by atoms with van der Waals surface area (Å²) in [6.07, 6.45) is 1.14. The molecule has 2 aromatic heterocycles. The number of halogens is 2. The Balaban J connectivity index is 2.37. The summed E-state index contributed by atoms with van der Waals surface area (Å²) < 4.78 is 51.5. The van der Waals surface area contributed by atoms with Crippen LogP contribution in [0.15, 0.2) is 41.6 Å². The molecule has 18 heavy (non-hydrogen) atoms. The summed E-state index contributed by atoms with van der Waals surface area (Å²) in [5.74, 6) is -2.10. The third-order valence-electron chi connectivity index (χ3n) is 1.93. The third kappa shape index (κ3) is 2.59. The maximum atomic E-state index is 13.3. The third-order valence-corrected chi connectivity index (χ3v) is 3.22. The molecule has 0 aliphatic rings. The monoisotopic (exact) mass is 271 g/mol. The van der Waals surface area contributed by atoms with Gasteiger partial charge in [-0.1, -0.05) is 6.07 Å². The van der Waals surface area contributed by atoms with Crippen LogP contribution in [0.25, 0.3) is 0 Å². The molecule has 0 aromatic carbocycles. The van der Waals surface area contributed by atoms with Gasteiger partial charge in [0.2, 0.25) is 11.0 Å². The molecule has 0 amide bonds. The van der Waals surface area contributed by atoms with E-state index in [2.05, 4.69) is 9.97 Å². The lowest BCUT2D eigenvalue weighted by Gasteiger charge is -2.06. The Labute approximate surface area is 102 Å². The van der Waals surface area contributed by atoms with Crippen LogP contribution in [-0.2, 0) is 10.0 Å². The number of sulfonamides is 1.